The number of hydrogen-bond donors (Lipinski definition) is 0. The van der Waals surface area contributed by atoms with E-state index in [1.165, 1.54) is 5.57 Å². The van der Waals surface area contributed by atoms with E-state index in [1.807, 2.05) is 36.4 Å². The molecule has 1 aliphatic heterocycles. The molecule has 2 aliphatic rings. The molecule has 0 N–H and O–H groups in total. The lowest BCUT2D eigenvalue weighted by Crippen LogP contribution is -2.45. The molecule has 0 aromatic carbocycles. The van der Waals surface area contributed by atoms with Crippen LogP contribution in [0.15, 0.2) is 29.1 Å². The van der Waals surface area contributed by atoms with Gasteiger partial charge in [-0.2, -0.15) is 5.10 Å². The van der Waals surface area contributed by atoms with Crippen molar-refractivity contribution in [2.75, 3.05) is 19.7 Å². The Kier molecular flexibility index (Phi) is 8.84. The minimum absolute atomic E-state index is 0.200. The third kappa shape index (κ3) is 7.33. The van der Waals surface area contributed by atoms with Gasteiger partial charge in [-0.1, -0.05) is 25.7 Å². The molecule has 4 rings (SSSR count). The van der Waals surface area contributed by atoms with Crippen molar-refractivity contribution in [3.63, 3.8) is 0 Å². The van der Waals surface area contributed by atoms with Crippen LogP contribution in [0.25, 0.3) is 17.0 Å². The van der Waals surface area contributed by atoms with E-state index in [1.54, 1.807) is 12.4 Å². The number of ether oxygens (including phenoxy) is 2. The van der Waals surface area contributed by atoms with Crippen LogP contribution in [0.4, 0.5) is 4.79 Å². The van der Waals surface area contributed by atoms with E-state index < -0.39 is 13.7 Å². The van der Waals surface area contributed by atoms with E-state index in [-0.39, 0.29) is 11.5 Å². The predicted molar refractivity (Wildman–Crippen MR) is 156 cm³/mol. The van der Waals surface area contributed by atoms with Crippen molar-refractivity contribution in [2.45, 2.75) is 90.9 Å². The zero-order chi connectivity index (χ0) is 27.6. The molecule has 1 fully saturated rings. The van der Waals surface area contributed by atoms with Gasteiger partial charge in [-0.05, 0) is 91.9 Å². The number of halogens is 1. The van der Waals surface area contributed by atoms with Crippen molar-refractivity contribution in [1.82, 2.24) is 24.6 Å². The maximum absolute atomic E-state index is 12.5. The number of piperidine rings is 1. The maximum Gasteiger partial charge on any atom is 0.410 e. The van der Waals surface area contributed by atoms with Gasteiger partial charge in [0.15, 0.2) is 5.82 Å². The van der Waals surface area contributed by atoms with Crippen molar-refractivity contribution >= 4 is 35.7 Å². The van der Waals surface area contributed by atoms with Crippen LogP contribution in [0, 0.1) is 5.41 Å². The summed E-state index contributed by atoms with van der Waals surface area (Å²) in [4.78, 5) is 23.5. The second-order valence-corrected chi connectivity index (χ2v) is 19.2. The molecule has 208 valence electrons. The number of aromatic nitrogens is 4. The molecule has 3 heterocycles. The lowest BCUT2D eigenvalue weighted by Gasteiger charge is -2.43. The van der Waals surface area contributed by atoms with Gasteiger partial charge in [-0.15, -0.1) is 0 Å². The van der Waals surface area contributed by atoms with Gasteiger partial charge in [-0.3, -0.25) is 0 Å². The highest BCUT2D eigenvalue weighted by Crippen LogP contribution is 2.47. The quantitative estimate of drug-likeness (QED) is 0.250. The van der Waals surface area contributed by atoms with E-state index in [4.69, 9.17) is 14.6 Å². The van der Waals surface area contributed by atoms with Crippen LogP contribution < -0.4 is 0 Å². The van der Waals surface area contributed by atoms with Crippen molar-refractivity contribution in [3.05, 3.63) is 34.8 Å². The van der Waals surface area contributed by atoms with Crippen LogP contribution in [0.2, 0.25) is 25.7 Å². The number of carbonyl (C=O) groups excluding carboxylic acids is 1. The largest absolute Gasteiger partial charge is 0.444 e. The fourth-order valence-electron chi connectivity index (χ4n) is 5.01. The van der Waals surface area contributed by atoms with Crippen molar-refractivity contribution < 1.29 is 14.3 Å². The summed E-state index contributed by atoms with van der Waals surface area (Å²) in [6.45, 7) is 15.4. The van der Waals surface area contributed by atoms with Crippen molar-refractivity contribution in [1.29, 1.82) is 0 Å². The topological polar surface area (TPSA) is 82.4 Å². The first-order valence-corrected chi connectivity index (χ1v) is 18.1. The van der Waals surface area contributed by atoms with Crippen LogP contribution in [0.5, 0.6) is 0 Å². The normalized spacial score (nSPS) is 18.0. The standard InChI is InChI=1S/C28H42BrN5O3Si/c1-27(2,3)37-26(35)33-16-12-28(13-17-33)10-8-21(9-11-28)23-22(25-30-14-7-15-31-25)24(29)34(32-23)20-36-18-19-38(4,5)6/h7-8,14-15H,9-13,16-20H2,1-6H3. The lowest BCUT2D eigenvalue weighted by atomic mass is 9.68. The smallest absolute Gasteiger partial charge is 0.410 e. The van der Waals surface area contributed by atoms with Crippen LogP contribution in [0.3, 0.4) is 0 Å². The molecule has 1 amide bonds. The number of hydrogen-bond acceptors (Lipinski definition) is 6. The average molecular weight is 605 g/mol. The molecule has 0 bridgehead atoms. The number of nitrogens with zero attached hydrogens (tertiary/aromatic N) is 5. The van der Waals surface area contributed by atoms with E-state index in [0.717, 1.165) is 73.7 Å². The van der Waals surface area contributed by atoms with Gasteiger partial charge in [0.25, 0.3) is 0 Å². The predicted octanol–water partition coefficient (Wildman–Crippen LogP) is 7.00. The van der Waals surface area contributed by atoms with E-state index in [2.05, 4.69) is 51.6 Å². The fourth-order valence-corrected chi connectivity index (χ4v) is 6.31. The van der Waals surface area contributed by atoms with Crippen molar-refractivity contribution in [3.8, 4) is 11.4 Å². The molecular weight excluding hydrogens is 562 g/mol. The maximum atomic E-state index is 12.5. The molecular formula is C28H42BrN5O3Si. The second-order valence-electron chi connectivity index (χ2n) is 12.8. The van der Waals surface area contributed by atoms with E-state index in [0.29, 0.717) is 12.6 Å². The third-order valence-electron chi connectivity index (χ3n) is 7.38. The monoisotopic (exact) mass is 603 g/mol. The highest BCUT2D eigenvalue weighted by atomic mass is 79.9. The molecule has 8 nitrogen and oxygen atoms in total. The number of likely N-dealkylation sites (tertiary alicyclic amines) is 1. The molecule has 0 unspecified atom stereocenters. The summed E-state index contributed by atoms with van der Waals surface area (Å²) in [6.07, 6.45) is 10.7. The fraction of sp³-hybridized carbons (Fsp3) is 0.643. The minimum Gasteiger partial charge on any atom is -0.444 e. The van der Waals surface area contributed by atoms with Crippen LogP contribution in [0.1, 0.15) is 58.6 Å². The summed E-state index contributed by atoms with van der Waals surface area (Å²) in [7, 11) is -1.16. The highest BCUT2D eigenvalue weighted by molar-refractivity contribution is 9.10. The molecule has 10 heteroatoms. The first kappa shape index (κ1) is 29.0. The molecule has 38 heavy (non-hydrogen) atoms. The highest BCUT2D eigenvalue weighted by Gasteiger charge is 2.39. The van der Waals surface area contributed by atoms with Crippen LogP contribution in [-0.2, 0) is 16.2 Å². The Hall–Kier alpha value is -2.04. The van der Waals surface area contributed by atoms with Gasteiger partial charge in [0.05, 0.1) is 5.56 Å². The number of rotatable bonds is 7. The molecule has 0 radical (unpaired) electrons. The van der Waals surface area contributed by atoms with Gasteiger partial charge in [0.1, 0.15) is 22.6 Å². The van der Waals surface area contributed by atoms with Crippen molar-refractivity contribution in [2.24, 2.45) is 5.41 Å². The summed E-state index contributed by atoms with van der Waals surface area (Å²) < 4.78 is 14.3. The Morgan fingerprint density at radius 3 is 2.39 bits per heavy atom. The lowest BCUT2D eigenvalue weighted by molar-refractivity contribution is 0.00895. The number of amides is 1. The molecule has 1 spiro atoms. The Labute approximate surface area is 236 Å². The minimum atomic E-state index is -1.16. The Morgan fingerprint density at radius 1 is 1.13 bits per heavy atom. The molecule has 2 aromatic heterocycles. The summed E-state index contributed by atoms with van der Waals surface area (Å²) in [5.74, 6) is 0.662. The molecule has 2 aromatic rings. The summed E-state index contributed by atoms with van der Waals surface area (Å²) in [6, 6.07) is 2.94. The van der Waals surface area contributed by atoms with Crippen LogP contribution >= 0.6 is 15.9 Å². The second kappa shape index (κ2) is 11.6. The summed E-state index contributed by atoms with van der Waals surface area (Å²) in [5.41, 5.74) is 2.84. The first-order valence-electron chi connectivity index (χ1n) is 13.6. The van der Waals surface area contributed by atoms with Crippen LogP contribution in [-0.4, -0.2) is 64.1 Å². The summed E-state index contributed by atoms with van der Waals surface area (Å²) >= 11 is 3.78. The van der Waals surface area contributed by atoms with Gasteiger partial charge < -0.3 is 14.4 Å². The first-order chi connectivity index (χ1) is 17.9. The van der Waals surface area contributed by atoms with E-state index >= 15 is 0 Å². The van der Waals surface area contributed by atoms with E-state index in [9.17, 15) is 4.79 Å². The molecule has 0 atom stereocenters. The molecule has 1 aliphatic carbocycles. The zero-order valence-corrected chi connectivity index (χ0v) is 26.3. The Bertz CT molecular complexity index is 1150. The number of allylic oxidation sites excluding steroid dienone is 2. The Morgan fingerprint density at radius 2 is 1.82 bits per heavy atom. The summed E-state index contributed by atoms with van der Waals surface area (Å²) in [5, 5.41) is 4.99. The van der Waals surface area contributed by atoms with Gasteiger partial charge in [0.2, 0.25) is 0 Å². The molecule has 1 saturated heterocycles. The SMILES string of the molecule is CC(C)(C)OC(=O)N1CCC2(CC=C(c3nn(COCC[Si](C)(C)C)c(Br)c3-c3ncccn3)CC2)CC1. The average Bonchev–Trinajstić information content (AvgIpc) is 3.17. The number of carbonyl (C=O) groups is 1. The zero-order valence-electron chi connectivity index (χ0n) is 23.7. The Balaban J connectivity index is 1.48. The van der Waals surface area contributed by atoms with Gasteiger partial charge in [-0.25, -0.2) is 19.4 Å². The van der Waals surface area contributed by atoms with Gasteiger partial charge >= 0.3 is 6.09 Å². The third-order valence-corrected chi connectivity index (χ3v) is 9.89. The van der Waals surface area contributed by atoms with Gasteiger partial charge in [0, 0.05) is 40.2 Å². The molecule has 0 saturated carbocycles.